The van der Waals surface area contributed by atoms with E-state index in [1.165, 1.54) is 13.2 Å². The zero-order valence-electron chi connectivity index (χ0n) is 10.7. The van der Waals surface area contributed by atoms with E-state index >= 15 is 0 Å². The topological polar surface area (TPSA) is 49.8 Å². The van der Waals surface area contributed by atoms with E-state index in [9.17, 15) is 9.90 Å². The minimum absolute atomic E-state index is 0.339. The fourth-order valence-electron chi connectivity index (χ4n) is 2.52. The molecule has 2 aromatic carbocycles. The van der Waals surface area contributed by atoms with Crippen LogP contribution in [0, 0.1) is 0 Å². The van der Waals surface area contributed by atoms with Crippen molar-refractivity contribution >= 4 is 17.5 Å². The molecule has 0 aliphatic carbocycles. The van der Waals surface area contributed by atoms with Crippen molar-refractivity contribution in [1.82, 2.24) is 5.06 Å². The Labute approximate surface area is 121 Å². The molecule has 1 N–H and O–H groups in total. The molecule has 1 unspecified atom stereocenters. The smallest absolute Gasteiger partial charge is 0.281 e. The van der Waals surface area contributed by atoms with Gasteiger partial charge < -0.3 is 5.11 Å². The summed E-state index contributed by atoms with van der Waals surface area (Å²) in [6.45, 7) is 0. The molecule has 102 valence electrons. The van der Waals surface area contributed by atoms with Crippen molar-refractivity contribution in [3.63, 3.8) is 0 Å². The van der Waals surface area contributed by atoms with Gasteiger partial charge in [-0.25, -0.2) is 0 Å². The normalized spacial score (nSPS) is 21.1. The van der Waals surface area contributed by atoms with Gasteiger partial charge in [0.25, 0.3) is 5.91 Å². The van der Waals surface area contributed by atoms with E-state index in [2.05, 4.69) is 0 Å². The second-order valence-corrected chi connectivity index (χ2v) is 4.95. The molecule has 1 heterocycles. The fourth-order valence-corrected chi connectivity index (χ4v) is 2.69. The van der Waals surface area contributed by atoms with Crippen molar-refractivity contribution in [1.29, 1.82) is 0 Å². The summed E-state index contributed by atoms with van der Waals surface area (Å²) in [7, 11) is 1.35. The first-order chi connectivity index (χ1) is 9.59. The molecule has 0 aromatic heterocycles. The predicted molar refractivity (Wildman–Crippen MR) is 74.1 cm³/mol. The Morgan fingerprint density at radius 2 is 1.90 bits per heavy atom. The van der Waals surface area contributed by atoms with Gasteiger partial charge in [0.15, 0.2) is 0 Å². The van der Waals surface area contributed by atoms with Crippen molar-refractivity contribution in [2.75, 3.05) is 7.11 Å². The van der Waals surface area contributed by atoms with Gasteiger partial charge in [-0.1, -0.05) is 48.0 Å². The predicted octanol–water partition coefficient (Wildman–Crippen LogP) is 2.55. The van der Waals surface area contributed by atoms with Gasteiger partial charge in [-0.15, -0.1) is 0 Å². The number of halogens is 1. The lowest BCUT2D eigenvalue weighted by Gasteiger charge is -2.32. The van der Waals surface area contributed by atoms with Gasteiger partial charge in [0.05, 0.1) is 12.7 Å². The summed E-state index contributed by atoms with van der Waals surface area (Å²) in [6.07, 6.45) is 0. The zero-order chi connectivity index (χ0) is 14.3. The van der Waals surface area contributed by atoms with Gasteiger partial charge in [-0.3, -0.25) is 9.63 Å². The molecule has 1 aliphatic heterocycles. The average Bonchev–Trinajstić information content (AvgIpc) is 2.69. The molecule has 1 amide bonds. The summed E-state index contributed by atoms with van der Waals surface area (Å²) in [5, 5.41) is 12.5. The van der Waals surface area contributed by atoms with Crippen LogP contribution in [0.2, 0.25) is 5.02 Å². The molecule has 0 fully saturated rings. The van der Waals surface area contributed by atoms with Crippen LogP contribution >= 0.6 is 11.6 Å². The van der Waals surface area contributed by atoms with Crippen LogP contribution in [-0.2, 0) is 10.6 Å². The second kappa shape index (κ2) is 4.59. The quantitative estimate of drug-likeness (QED) is 0.924. The Morgan fingerprint density at radius 3 is 2.55 bits per heavy atom. The van der Waals surface area contributed by atoms with Crippen LogP contribution in [0.5, 0.6) is 0 Å². The zero-order valence-corrected chi connectivity index (χ0v) is 11.5. The fraction of sp³-hybridized carbons (Fsp3) is 0.133. The highest BCUT2D eigenvalue weighted by Crippen LogP contribution is 2.42. The number of hydroxylamine groups is 2. The van der Waals surface area contributed by atoms with Crippen LogP contribution in [0.3, 0.4) is 0 Å². The molecule has 2 aromatic rings. The Morgan fingerprint density at radius 1 is 1.20 bits per heavy atom. The third kappa shape index (κ3) is 1.66. The third-order valence-electron chi connectivity index (χ3n) is 3.42. The first kappa shape index (κ1) is 13.1. The van der Waals surface area contributed by atoms with E-state index in [4.69, 9.17) is 16.4 Å². The molecule has 0 spiro atoms. The maximum absolute atomic E-state index is 12.4. The molecule has 1 atom stereocenters. The molecule has 0 saturated heterocycles. The van der Waals surface area contributed by atoms with E-state index in [-0.39, 0.29) is 0 Å². The van der Waals surface area contributed by atoms with Crippen LogP contribution in [0.25, 0.3) is 0 Å². The SMILES string of the molecule is CON1C(=O)c2cc(Cl)ccc2C1(O)c1ccccc1. The molecule has 1 aliphatic rings. The minimum Gasteiger partial charge on any atom is -0.361 e. The molecule has 20 heavy (non-hydrogen) atoms. The van der Waals surface area contributed by atoms with Gasteiger partial charge in [-0.05, 0) is 12.1 Å². The molecule has 0 saturated carbocycles. The van der Waals surface area contributed by atoms with Crippen LogP contribution in [0.4, 0.5) is 0 Å². The number of rotatable bonds is 2. The van der Waals surface area contributed by atoms with Gasteiger partial charge in [0.1, 0.15) is 0 Å². The average molecular weight is 290 g/mol. The standard InChI is InChI=1S/C15H12ClNO3/c1-20-17-14(18)12-9-11(16)7-8-13(12)15(17,19)10-5-3-2-4-6-10/h2-9,19H,1H3. The van der Waals surface area contributed by atoms with Crippen LogP contribution in [0.15, 0.2) is 48.5 Å². The van der Waals surface area contributed by atoms with Gasteiger partial charge in [0, 0.05) is 16.1 Å². The van der Waals surface area contributed by atoms with Crippen molar-refractivity contribution in [3.8, 4) is 0 Å². The highest BCUT2D eigenvalue weighted by atomic mass is 35.5. The molecule has 0 radical (unpaired) electrons. The van der Waals surface area contributed by atoms with E-state index < -0.39 is 11.6 Å². The van der Waals surface area contributed by atoms with Gasteiger partial charge in [0.2, 0.25) is 5.72 Å². The molecule has 4 nitrogen and oxygen atoms in total. The number of aliphatic hydroxyl groups is 1. The number of fused-ring (bicyclic) bond motifs is 1. The molecule has 3 rings (SSSR count). The molecular formula is C15H12ClNO3. The van der Waals surface area contributed by atoms with Crippen LogP contribution in [-0.4, -0.2) is 23.2 Å². The minimum atomic E-state index is -1.65. The maximum Gasteiger partial charge on any atom is 0.281 e. The highest BCUT2D eigenvalue weighted by Gasteiger charge is 2.51. The Bertz CT molecular complexity index is 674. The Balaban J connectivity index is 2.27. The van der Waals surface area contributed by atoms with Crippen LogP contribution in [0.1, 0.15) is 21.5 Å². The van der Waals surface area contributed by atoms with E-state index in [0.717, 1.165) is 5.06 Å². The number of carbonyl (C=O) groups is 1. The molecule has 5 heteroatoms. The number of benzene rings is 2. The van der Waals surface area contributed by atoms with Gasteiger partial charge >= 0.3 is 0 Å². The highest BCUT2D eigenvalue weighted by molar-refractivity contribution is 6.31. The first-order valence-corrected chi connectivity index (χ1v) is 6.43. The van der Waals surface area contributed by atoms with Crippen LogP contribution < -0.4 is 0 Å². The van der Waals surface area contributed by atoms with E-state index in [1.807, 2.05) is 6.07 Å². The maximum atomic E-state index is 12.4. The summed E-state index contributed by atoms with van der Waals surface area (Å²) in [6, 6.07) is 13.7. The summed E-state index contributed by atoms with van der Waals surface area (Å²) in [5.74, 6) is -0.420. The monoisotopic (exact) mass is 289 g/mol. The summed E-state index contributed by atoms with van der Waals surface area (Å²) in [5.41, 5.74) is -0.297. The Hall–Kier alpha value is -1.88. The third-order valence-corrected chi connectivity index (χ3v) is 3.66. The van der Waals surface area contributed by atoms with Crippen molar-refractivity contribution in [3.05, 3.63) is 70.2 Å². The lowest BCUT2D eigenvalue weighted by molar-refractivity contribution is -0.223. The van der Waals surface area contributed by atoms with Crippen molar-refractivity contribution < 1.29 is 14.7 Å². The van der Waals surface area contributed by atoms with Crippen molar-refractivity contribution in [2.45, 2.75) is 5.72 Å². The largest absolute Gasteiger partial charge is 0.361 e. The number of nitrogens with zero attached hydrogens (tertiary/aromatic N) is 1. The van der Waals surface area contributed by atoms with Gasteiger partial charge in [-0.2, -0.15) is 5.06 Å². The molecule has 0 bridgehead atoms. The molecular weight excluding hydrogens is 278 g/mol. The summed E-state index contributed by atoms with van der Waals surface area (Å²) < 4.78 is 0. The lowest BCUT2D eigenvalue weighted by atomic mass is 9.94. The summed E-state index contributed by atoms with van der Waals surface area (Å²) >= 11 is 5.93. The Kier molecular flexibility index (Phi) is 3.01. The lowest BCUT2D eigenvalue weighted by Crippen LogP contribution is -2.43. The number of carbonyl (C=O) groups excluding carboxylic acids is 1. The van der Waals surface area contributed by atoms with Crippen molar-refractivity contribution in [2.24, 2.45) is 0 Å². The summed E-state index contributed by atoms with van der Waals surface area (Å²) in [4.78, 5) is 17.5. The number of hydrogen-bond acceptors (Lipinski definition) is 3. The first-order valence-electron chi connectivity index (χ1n) is 6.05. The number of amides is 1. The van der Waals surface area contributed by atoms with E-state index in [0.29, 0.717) is 21.7 Å². The number of hydrogen-bond donors (Lipinski definition) is 1. The van der Waals surface area contributed by atoms with E-state index in [1.54, 1.807) is 36.4 Å². The second-order valence-electron chi connectivity index (χ2n) is 4.51.